The smallest absolute Gasteiger partial charge is 0.332 e. The molecule has 5 rings (SSSR count). The average molecular weight is 476 g/mol. The Bertz CT molecular complexity index is 1760. The van der Waals surface area contributed by atoms with Crippen LogP contribution in [-0.4, -0.2) is 42.2 Å². The van der Waals surface area contributed by atoms with Crippen molar-refractivity contribution >= 4 is 22.6 Å². The number of nitro benzene ring substituents is 1. The Balaban J connectivity index is 1.94. The number of ether oxygens (including phenoxy) is 2. The van der Waals surface area contributed by atoms with E-state index in [1.165, 1.54) is 38.0 Å². The molecule has 0 saturated carbocycles. The van der Waals surface area contributed by atoms with E-state index in [-0.39, 0.29) is 16.9 Å². The summed E-state index contributed by atoms with van der Waals surface area (Å²) in [7, 11) is 6.02. The molecule has 0 atom stereocenters. The predicted molar refractivity (Wildman–Crippen MR) is 128 cm³/mol. The van der Waals surface area contributed by atoms with Gasteiger partial charge in [0.15, 0.2) is 11.2 Å². The van der Waals surface area contributed by atoms with Crippen molar-refractivity contribution in [2.45, 2.75) is 0 Å². The number of hydrogen-bond donors (Lipinski definition) is 0. The molecule has 0 amide bonds. The molecule has 0 unspecified atom stereocenters. The van der Waals surface area contributed by atoms with E-state index in [1.54, 1.807) is 52.5 Å². The SMILES string of the molecule is COc1ccc(OC)c(-n2c(-c3ccc([N+](=O)[O-])cc3)cn3c4c(=O)n(C)c(=O)n(C)c4nc23)c1. The number of nitrogens with zero attached hydrogens (tertiary/aromatic N) is 6. The zero-order valence-electron chi connectivity index (χ0n) is 19.3. The minimum Gasteiger partial charge on any atom is -0.497 e. The zero-order valence-corrected chi connectivity index (χ0v) is 19.3. The van der Waals surface area contributed by atoms with E-state index in [0.717, 1.165) is 4.57 Å². The first-order chi connectivity index (χ1) is 16.8. The molecule has 3 aromatic heterocycles. The van der Waals surface area contributed by atoms with E-state index in [1.807, 2.05) is 0 Å². The highest BCUT2D eigenvalue weighted by Crippen LogP contribution is 2.35. The van der Waals surface area contributed by atoms with Gasteiger partial charge in [-0.3, -0.25) is 33.0 Å². The van der Waals surface area contributed by atoms with Gasteiger partial charge in [0.2, 0.25) is 5.78 Å². The maximum absolute atomic E-state index is 13.1. The lowest BCUT2D eigenvalue weighted by atomic mass is 10.1. The van der Waals surface area contributed by atoms with Gasteiger partial charge in [0, 0.05) is 44.1 Å². The maximum Gasteiger partial charge on any atom is 0.332 e. The lowest BCUT2D eigenvalue weighted by molar-refractivity contribution is -0.384. The Morgan fingerprint density at radius 3 is 2.31 bits per heavy atom. The average Bonchev–Trinajstić information content (AvgIpc) is 3.42. The Morgan fingerprint density at radius 2 is 1.69 bits per heavy atom. The van der Waals surface area contributed by atoms with Gasteiger partial charge >= 0.3 is 5.69 Å². The molecule has 35 heavy (non-hydrogen) atoms. The highest BCUT2D eigenvalue weighted by molar-refractivity contribution is 5.80. The molecule has 0 fully saturated rings. The quantitative estimate of drug-likeness (QED) is 0.281. The predicted octanol–water partition coefficient (Wildman–Crippen LogP) is 2.27. The Labute approximate surface area is 197 Å². The molecule has 0 aliphatic carbocycles. The second kappa shape index (κ2) is 7.87. The van der Waals surface area contributed by atoms with Gasteiger partial charge < -0.3 is 9.47 Å². The van der Waals surface area contributed by atoms with Crippen LogP contribution >= 0.6 is 0 Å². The molecule has 178 valence electrons. The van der Waals surface area contributed by atoms with Crippen LogP contribution in [0.3, 0.4) is 0 Å². The van der Waals surface area contributed by atoms with E-state index in [0.29, 0.717) is 34.2 Å². The summed E-state index contributed by atoms with van der Waals surface area (Å²) in [5.74, 6) is 1.40. The van der Waals surface area contributed by atoms with E-state index < -0.39 is 16.2 Å². The number of nitro groups is 1. The van der Waals surface area contributed by atoms with Crippen LogP contribution in [-0.2, 0) is 14.1 Å². The third kappa shape index (κ3) is 3.18. The number of imidazole rings is 2. The Morgan fingerprint density at radius 1 is 0.971 bits per heavy atom. The van der Waals surface area contributed by atoms with Gasteiger partial charge in [0.05, 0.1) is 30.5 Å². The number of aryl methyl sites for hydroxylation is 1. The second-order valence-electron chi connectivity index (χ2n) is 7.85. The summed E-state index contributed by atoms with van der Waals surface area (Å²) in [6, 6.07) is 11.3. The molecule has 12 heteroatoms. The van der Waals surface area contributed by atoms with Crippen molar-refractivity contribution in [2.24, 2.45) is 14.1 Å². The first-order valence-corrected chi connectivity index (χ1v) is 10.4. The summed E-state index contributed by atoms with van der Waals surface area (Å²) in [4.78, 5) is 40.9. The number of non-ortho nitro benzene ring substituents is 1. The zero-order chi connectivity index (χ0) is 25.0. The van der Waals surface area contributed by atoms with Crippen LogP contribution < -0.4 is 20.7 Å². The number of rotatable bonds is 5. The summed E-state index contributed by atoms with van der Waals surface area (Å²) in [6.07, 6.45) is 1.70. The molecule has 0 saturated heterocycles. The maximum atomic E-state index is 13.1. The molecule has 0 radical (unpaired) electrons. The van der Waals surface area contributed by atoms with Crippen molar-refractivity contribution in [3.8, 4) is 28.4 Å². The number of methoxy groups -OCH3 is 2. The van der Waals surface area contributed by atoms with Gasteiger partial charge in [-0.25, -0.2) is 4.79 Å². The van der Waals surface area contributed by atoms with Crippen LogP contribution in [0.4, 0.5) is 5.69 Å². The largest absolute Gasteiger partial charge is 0.497 e. The van der Waals surface area contributed by atoms with Gasteiger partial charge in [-0.1, -0.05) is 0 Å². The fourth-order valence-electron chi connectivity index (χ4n) is 4.14. The van der Waals surface area contributed by atoms with Crippen LogP contribution in [0.1, 0.15) is 0 Å². The lowest BCUT2D eigenvalue weighted by Gasteiger charge is -2.14. The van der Waals surface area contributed by atoms with Crippen molar-refractivity contribution in [1.29, 1.82) is 0 Å². The summed E-state index contributed by atoms with van der Waals surface area (Å²) < 4.78 is 16.7. The van der Waals surface area contributed by atoms with E-state index in [2.05, 4.69) is 4.98 Å². The van der Waals surface area contributed by atoms with Crippen LogP contribution in [0.5, 0.6) is 11.5 Å². The first kappa shape index (κ1) is 21.9. The van der Waals surface area contributed by atoms with Gasteiger partial charge in [0.25, 0.3) is 11.2 Å². The molecular weight excluding hydrogens is 456 g/mol. The van der Waals surface area contributed by atoms with Gasteiger partial charge in [-0.05, 0) is 24.3 Å². The number of benzene rings is 2. The highest BCUT2D eigenvalue weighted by Gasteiger charge is 2.24. The van der Waals surface area contributed by atoms with Crippen molar-refractivity contribution in [3.05, 3.63) is 79.6 Å². The van der Waals surface area contributed by atoms with Crippen molar-refractivity contribution in [2.75, 3.05) is 14.2 Å². The normalized spacial score (nSPS) is 11.3. The van der Waals surface area contributed by atoms with Crippen LogP contribution in [0.2, 0.25) is 0 Å². The fraction of sp³-hybridized carbons (Fsp3) is 0.174. The van der Waals surface area contributed by atoms with E-state index >= 15 is 0 Å². The van der Waals surface area contributed by atoms with Gasteiger partial charge in [0.1, 0.15) is 11.5 Å². The Hall–Kier alpha value is -4.87. The van der Waals surface area contributed by atoms with Gasteiger partial charge in [-0.2, -0.15) is 4.98 Å². The first-order valence-electron chi connectivity index (χ1n) is 10.4. The summed E-state index contributed by atoms with van der Waals surface area (Å²) >= 11 is 0. The molecule has 2 aromatic carbocycles. The molecule has 3 heterocycles. The minimum atomic E-state index is -0.499. The number of hydrogen-bond acceptors (Lipinski definition) is 7. The van der Waals surface area contributed by atoms with Crippen LogP contribution in [0.15, 0.2) is 58.3 Å². The molecule has 0 bridgehead atoms. The minimum absolute atomic E-state index is 0.0510. The van der Waals surface area contributed by atoms with Gasteiger partial charge in [-0.15, -0.1) is 0 Å². The second-order valence-corrected chi connectivity index (χ2v) is 7.85. The van der Waals surface area contributed by atoms with E-state index in [9.17, 15) is 19.7 Å². The lowest BCUT2D eigenvalue weighted by Crippen LogP contribution is -2.37. The van der Waals surface area contributed by atoms with Crippen molar-refractivity contribution < 1.29 is 14.4 Å². The van der Waals surface area contributed by atoms with Crippen LogP contribution in [0, 0.1) is 10.1 Å². The molecule has 12 nitrogen and oxygen atoms in total. The molecule has 0 aliphatic heterocycles. The molecule has 5 aromatic rings. The monoisotopic (exact) mass is 476 g/mol. The van der Waals surface area contributed by atoms with Crippen molar-refractivity contribution in [1.82, 2.24) is 23.1 Å². The third-order valence-electron chi connectivity index (χ3n) is 5.97. The molecule has 0 aliphatic rings. The Kier molecular flexibility index (Phi) is 4.93. The summed E-state index contributed by atoms with van der Waals surface area (Å²) in [5, 5.41) is 11.2. The van der Waals surface area contributed by atoms with E-state index in [4.69, 9.17) is 9.47 Å². The summed E-state index contributed by atoms with van der Waals surface area (Å²) in [5.41, 5.74) is 1.18. The van der Waals surface area contributed by atoms with Crippen LogP contribution in [0.25, 0.3) is 33.9 Å². The topological polar surface area (TPSA) is 128 Å². The number of fused-ring (bicyclic) bond motifs is 3. The molecule has 0 N–H and O–H groups in total. The summed E-state index contributed by atoms with van der Waals surface area (Å²) in [6.45, 7) is 0. The number of aromatic nitrogens is 5. The fourth-order valence-corrected chi connectivity index (χ4v) is 4.14. The standard InChI is InChI=1S/C23H20N6O6/c1-25-20-19(21(30)26(2)23(25)31)27-12-17(13-5-7-14(8-6-13)29(32)33)28(22(27)24-20)16-11-15(34-3)9-10-18(16)35-4/h5-12H,1-4H3. The third-order valence-corrected chi connectivity index (χ3v) is 5.97. The highest BCUT2D eigenvalue weighted by atomic mass is 16.6. The molecular formula is C23H20N6O6. The molecule has 0 spiro atoms. The van der Waals surface area contributed by atoms with Crippen molar-refractivity contribution in [3.63, 3.8) is 0 Å².